The van der Waals surface area contributed by atoms with E-state index in [1.54, 1.807) is 18.2 Å². The Morgan fingerprint density at radius 1 is 1.08 bits per heavy atom. The van der Waals surface area contributed by atoms with Crippen LogP contribution < -0.4 is 10.2 Å². The third-order valence-electron chi connectivity index (χ3n) is 4.60. The minimum atomic E-state index is -0.0460. The number of halogens is 2. The highest BCUT2D eigenvalue weighted by Gasteiger charge is 2.18. The molecule has 3 rings (SSSR count). The number of aryl methyl sites for hydroxylation is 1. The van der Waals surface area contributed by atoms with Crippen molar-refractivity contribution in [1.29, 1.82) is 0 Å². The van der Waals surface area contributed by atoms with Crippen molar-refractivity contribution < 1.29 is 4.79 Å². The van der Waals surface area contributed by atoms with Crippen molar-refractivity contribution in [3.63, 3.8) is 0 Å². The molecule has 1 aliphatic rings. The summed E-state index contributed by atoms with van der Waals surface area (Å²) in [5, 5.41) is 3.89. The van der Waals surface area contributed by atoms with Gasteiger partial charge >= 0.3 is 0 Å². The lowest BCUT2D eigenvalue weighted by Crippen LogP contribution is -2.47. The van der Waals surface area contributed by atoms with Gasteiger partial charge in [-0.15, -0.1) is 0 Å². The van der Waals surface area contributed by atoms with E-state index < -0.39 is 0 Å². The van der Waals surface area contributed by atoms with Crippen LogP contribution in [0.1, 0.15) is 12.0 Å². The van der Waals surface area contributed by atoms with Crippen molar-refractivity contribution in [2.45, 2.75) is 13.3 Å². The first kappa shape index (κ1) is 19.0. The number of anilines is 2. The van der Waals surface area contributed by atoms with Gasteiger partial charge in [0.1, 0.15) is 0 Å². The minimum absolute atomic E-state index is 0.0460. The molecule has 0 aliphatic carbocycles. The number of hydrogen-bond acceptors (Lipinski definition) is 3. The van der Waals surface area contributed by atoms with Crippen molar-refractivity contribution >= 4 is 40.5 Å². The molecule has 0 unspecified atom stereocenters. The normalized spacial score (nSPS) is 15.1. The summed E-state index contributed by atoms with van der Waals surface area (Å²) in [6, 6.07) is 13.6. The van der Waals surface area contributed by atoms with E-state index in [1.165, 1.54) is 11.3 Å². The quantitative estimate of drug-likeness (QED) is 0.817. The monoisotopic (exact) mass is 391 g/mol. The summed E-state index contributed by atoms with van der Waals surface area (Å²) in [7, 11) is 0. The summed E-state index contributed by atoms with van der Waals surface area (Å²) in [4.78, 5) is 16.9. The molecule has 6 heteroatoms. The van der Waals surface area contributed by atoms with Crippen molar-refractivity contribution in [3.8, 4) is 0 Å². The number of rotatable bonds is 5. The highest BCUT2D eigenvalue weighted by molar-refractivity contribution is 6.35. The highest BCUT2D eigenvalue weighted by atomic mass is 35.5. The number of nitrogens with zero attached hydrogens (tertiary/aromatic N) is 2. The van der Waals surface area contributed by atoms with E-state index in [2.05, 4.69) is 46.3 Å². The smallest absolute Gasteiger partial charge is 0.225 e. The SMILES string of the molecule is Cc1cccc(N2CCN(CCC(=O)Nc3cc(Cl)ccc3Cl)CC2)c1. The maximum absolute atomic E-state index is 12.2. The minimum Gasteiger partial charge on any atom is -0.369 e. The van der Waals surface area contributed by atoms with Gasteiger partial charge in [0.25, 0.3) is 0 Å². The number of carbonyl (C=O) groups is 1. The van der Waals surface area contributed by atoms with Crippen LogP contribution in [-0.2, 0) is 4.79 Å². The van der Waals surface area contributed by atoms with Crippen molar-refractivity contribution in [3.05, 3.63) is 58.1 Å². The van der Waals surface area contributed by atoms with Crippen molar-refractivity contribution in [1.82, 2.24) is 4.90 Å². The Balaban J connectivity index is 1.45. The maximum atomic E-state index is 12.2. The molecular formula is C20H23Cl2N3O. The van der Waals surface area contributed by atoms with Gasteiger partial charge in [-0.25, -0.2) is 0 Å². The van der Waals surface area contributed by atoms with E-state index in [9.17, 15) is 4.79 Å². The van der Waals surface area contributed by atoms with Gasteiger partial charge in [0.05, 0.1) is 10.7 Å². The first-order valence-corrected chi connectivity index (χ1v) is 9.56. The Kier molecular flexibility index (Phi) is 6.41. The van der Waals surface area contributed by atoms with E-state index in [1.807, 2.05) is 0 Å². The van der Waals surface area contributed by atoms with E-state index in [-0.39, 0.29) is 5.91 Å². The summed E-state index contributed by atoms with van der Waals surface area (Å²) < 4.78 is 0. The molecule has 1 N–H and O–H groups in total. The Morgan fingerprint density at radius 2 is 1.85 bits per heavy atom. The van der Waals surface area contributed by atoms with Crippen LogP contribution in [0.5, 0.6) is 0 Å². The fraction of sp³-hybridized carbons (Fsp3) is 0.350. The van der Waals surface area contributed by atoms with Crippen LogP contribution >= 0.6 is 23.2 Å². The first-order valence-electron chi connectivity index (χ1n) is 8.80. The number of carbonyl (C=O) groups excluding carboxylic acids is 1. The zero-order valence-corrected chi connectivity index (χ0v) is 16.4. The van der Waals surface area contributed by atoms with Gasteiger partial charge in [0.15, 0.2) is 0 Å². The molecule has 1 aliphatic heterocycles. The Morgan fingerprint density at radius 3 is 2.58 bits per heavy atom. The standard InChI is InChI=1S/C20H23Cl2N3O/c1-15-3-2-4-17(13-15)25-11-9-24(10-12-25)8-7-20(26)23-19-14-16(21)5-6-18(19)22/h2-6,13-14H,7-12H2,1H3,(H,23,26). The molecule has 0 radical (unpaired) electrons. The molecule has 0 aromatic heterocycles. The summed E-state index contributed by atoms with van der Waals surface area (Å²) in [6.45, 7) is 6.73. The number of amides is 1. The molecule has 1 saturated heterocycles. The van der Waals surface area contributed by atoms with Crippen LogP contribution in [-0.4, -0.2) is 43.5 Å². The largest absolute Gasteiger partial charge is 0.369 e. The number of hydrogen-bond donors (Lipinski definition) is 1. The first-order chi connectivity index (χ1) is 12.5. The second-order valence-electron chi connectivity index (χ2n) is 6.59. The lowest BCUT2D eigenvalue weighted by Gasteiger charge is -2.36. The van der Waals surface area contributed by atoms with E-state index in [0.717, 1.165) is 32.7 Å². The molecule has 2 aromatic carbocycles. The topological polar surface area (TPSA) is 35.6 Å². The molecule has 1 amide bonds. The maximum Gasteiger partial charge on any atom is 0.225 e. The van der Waals surface area contributed by atoms with Gasteiger partial charge in [-0.3, -0.25) is 9.69 Å². The van der Waals surface area contributed by atoms with Crippen molar-refractivity contribution in [2.24, 2.45) is 0 Å². The van der Waals surface area contributed by atoms with Crippen LogP contribution in [0.4, 0.5) is 11.4 Å². The number of nitrogens with one attached hydrogen (secondary N) is 1. The van der Waals surface area contributed by atoms with Crippen LogP contribution in [0, 0.1) is 6.92 Å². The molecule has 4 nitrogen and oxygen atoms in total. The predicted octanol–water partition coefficient (Wildman–Crippen LogP) is 4.45. The summed E-state index contributed by atoms with van der Waals surface area (Å²) in [6.07, 6.45) is 0.438. The third kappa shape index (κ3) is 5.13. The Bertz CT molecular complexity index is 773. The van der Waals surface area contributed by atoms with Crippen LogP contribution in [0.3, 0.4) is 0 Å². The Labute approximate surface area is 164 Å². The average Bonchev–Trinajstić information content (AvgIpc) is 2.63. The number of benzene rings is 2. The van der Waals surface area contributed by atoms with Gasteiger partial charge in [-0.05, 0) is 42.8 Å². The van der Waals surface area contributed by atoms with Crippen LogP contribution in [0.2, 0.25) is 10.0 Å². The molecule has 0 atom stereocenters. The van der Waals surface area contributed by atoms with Gasteiger partial charge in [-0.2, -0.15) is 0 Å². The fourth-order valence-corrected chi connectivity index (χ4v) is 3.46. The van der Waals surface area contributed by atoms with E-state index in [4.69, 9.17) is 23.2 Å². The molecule has 26 heavy (non-hydrogen) atoms. The molecule has 138 valence electrons. The van der Waals surface area contributed by atoms with Gasteiger partial charge in [0.2, 0.25) is 5.91 Å². The lowest BCUT2D eigenvalue weighted by atomic mass is 10.2. The zero-order chi connectivity index (χ0) is 18.5. The van der Waals surface area contributed by atoms with Crippen LogP contribution in [0.25, 0.3) is 0 Å². The highest BCUT2D eigenvalue weighted by Crippen LogP contribution is 2.25. The fourth-order valence-electron chi connectivity index (χ4n) is 3.12. The molecule has 0 spiro atoms. The molecular weight excluding hydrogens is 369 g/mol. The van der Waals surface area contributed by atoms with Crippen LogP contribution in [0.15, 0.2) is 42.5 Å². The predicted molar refractivity (Wildman–Crippen MR) is 110 cm³/mol. The summed E-state index contributed by atoms with van der Waals surface area (Å²) in [5.41, 5.74) is 3.12. The molecule has 1 heterocycles. The molecule has 2 aromatic rings. The van der Waals surface area contributed by atoms with Crippen molar-refractivity contribution in [2.75, 3.05) is 42.9 Å². The third-order valence-corrected chi connectivity index (χ3v) is 5.16. The lowest BCUT2D eigenvalue weighted by molar-refractivity contribution is -0.116. The summed E-state index contributed by atoms with van der Waals surface area (Å²) >= 11 is 12.0. The van der Waals surface area contributed by atoms with Gasteiger partial charge in [0, 0.05) is 49.9 Å². The second-order valence-corrected chi connectivity index (χ2v) is 7.43. The van der Waals surface area contributed by atoms with E-state index in [0.29, 0.717) is 22.2 Å². The number of piperazine rings is 1. The van der Waals surface area contributed by atoms with Gasteiger partial charge in [-0.1, -0.05) is 35.3 Å². The van der Waals surface area contributed by atoms with E-state index >= 15 is 0 Å². The average molecular weight is 392 g/mol. The molecule has 0 saturated carbocycles. The zero-order valence-electron chi connectivity index (χ0n) is 14.8. The molecule has 0 bridgehead atoms. The summed E-state index contributed by atoms with van der Waals surface area (Å²) in [5.74, 6) is -0.0460. The van der Waals surface area contributed by atoms with Gasteiger partial charge < -0.3 is 10.2 Å². The molecule has 1 fully saturated rings. The Hall–Kier alpha value is -1.75. The second kappa shape index (κ2) is 8.76.